The molecule has 0 bridgehead atoms. The normalized spacial score (nSPS) is 18.9. The van der Waals surface area contributed by atoms with E-state index in [9.17, 15) is 14.4 Å². The van der Waals surface area contributed by atoms with E-state index < -0.39 is 11.8 Å². The first-order valence-corrected chi connectivity index (χ1v) is 13.1. The number of rotatable bonds is 4. The molecule has 3 aromatic carbocycles. The van der Waals surface area contributed by atoms with Crippen molar-refractivity contribution >= 4 is 39.7 Å². The van der Waals surface area contributed by atoms with Crippen LogP contribution in [0.3, 0.4) is 0 Å². The van der Waals surface area contributed by atoms with Crippen molar-refractivity contribution < 1.29 is 19.1 Å². The van der Waals surface area contributed by atoms with Crippen molar-refractivity contribution in [1.29, 1.82) is 0 Å². The van der Waals surface area contributed by atoms with Gasteiger partial charge in [-0.05, 0) is 28.3 Å². The fraction of sp³-hybridized carbons (Fsp3) is 0.194. The minimum atomic E-state index is -0.651. The molecular formula is C31H26N4O4. The van der Waals surface area contributed by atoms with Crippen LogP contribution in [0.15, 0.2) is 85.2 Å². The zero-order valence-corrected chi connectivity index (χ0v) is 21.1. The number of nitrogens with zero attached hydrogens (tertiary/aromatic N) is 2. The molecule has 194 valence electrons. The summed E-state index contributed by atoms with van der Waals surface area (Å²) in [5, 5.41) is 4.44. The van der Waals surface area contributed by atoms with Gasteiger partial charge in [0.1, 0.15) is 6.61 Å². The second-order valence-electron chi connectivity index (χ2n) is 10.2. The van der Waals surface area contributed by atoms with Crippen LogP contribution in [0.5, 0.6) is 0 Å². The molecule has 2 aromatic heterocycles. The maximum Gasteiger partial charge on any atom is 0.410 e. The van der Waals surface area contributed by atoms with E-state index in [1.165, 1.54) is 0 Å². The predicted octanol–water partition coefficient (Wildman–Crippen LogP) is 4.80. The molecule has 1 fully saturated rings. The lowest BCUT2D eigenvalue weighted by molar-refractivity contribution is -0.125. The van der Waals surface area contributed by atoms with Crippen LogP contribution in [0.4, 0.5) is 4.79 Å². The molecule has 0 spiro atoms. The van der Waals surface area contributed by atoms with E-state index in [-0.39, 0.29) is 24.5 Å². The number of hydrogen-bond donors (Lipinski definition) is 2. The lowest BCUT2D eigenvalue weighted by Gasteiger charge is -2.20. The summed E-state index contributed by atoms with van der Waals surface area (Å²) in [6, 6.07) is 23.4. The first-order chi connectivity index (χ1) is 19.1. The lowest BCUT2D eigenvalue weighted by Crippen LogP contribution is -2.32. The van der Waals surface area contributed by atoms with Gasteiger partial charge < -0.3 is 19.2 Å². The maximum absolute atomic E-state index is 13.2. The topological polar surface area (TPSA) is 96.4 Å². The molecule has 2 atom stereocenters. The summed E-state index contributed by atoms with van der Waals surface area (Å²) in [6.45, 7) is 1.63. The average Bonchev–Trinajstić information content (AvgIpc) is 3.58. The molecule has 7 rings (SSSR count). The van der Waals surface area contributed by atoms with Crippen molar-refractivity contribution in [3.63, 3.8) is 0 Å². The predicted molar refractivity (Wildman–Crippen MR) is 146 cm³/mol. The van der Waals surface area contributed by atoms with Crippen molar-refractivity contribution in [2.24, 2.45) is 0 Å². The van der Waals surface area contributed by atoms with Crippen LogP contribution >= 0.6 is 0 Å². The molecule has 5 aromatic rings. The zero-order chi connectivity index (χ0) is 26.5. The maximum atomic E-state index is 13.2. The largest absolute Gasteiger partial charge is 0.445 e. The number of imide groups is 1. The number of carbonyl (C=O) groups excluding carboxylic acids is 3. The highest BCUT2D eigenvalue weighted by Crippen LogP contribution is 2.44. The smallest absolute Gasteiger partial charge is 0.410 e. The number of aromatic amines is 1. The minimum absolute atomic E-state index is 0.219. The highest BCUT2D eigenvalue weighted by atomic mass is 16.6. The molecule has 0 aliphatic carbocycles. The van der Waals surface area contributed by atoms with Crippen molar-refractivity contribution in [3.8, 4) is 0 Å². The summed E-state index contributed by atoms with van der Waals surface area (Å²) in [6.07, 6.45) is 3.46. The molecule has 2 aliphatic heterocycles. The second-order valence-corrected chi connectivity index (χ2v) is 10.2. The van der Waals surface area contributed by atoms with Crippen LogP contribution in [-0.4, -0.2) is 38.9 Å². The monoisotopic (exact) mass is 518 g/mol. The molecule has 39 heavy (non-hydrogen) atoms. The lowest BCUT2D eigenvalue weighted by atomic mass is 9.83. The molecule has 2 aliphatic rings. The summed E-state index contributed by atoms with van der Waals surface area (Å²) >= 11 is 0. The quantitative estimate of drug-likeness (QED) is 0.334. The van der Waals surface area contributed by atoms with Crippen LogP contribution in [0.1, 0.15) is 34.1 Å². The molecule has 0 unspecified atom stereocenters. The van der Waals surface area contributed by atoms with Crippen molar-refractivity contribution in [3.05, 3.63) is 107 Å². The van der Waals surface area contributed by atoms with Crippen LogP contribution in [-0.2, 0) is 34.0 Å². The fourth-order valence-corrected chi connectivity index (χ4v) is 6.07. The third-order valence-electron chi connectivity index (χ3n) is 7.88. The molecule has 2 N–H and O–H groups in total. The Morgan fingerprint density at radius 2 is 1.59 bits per heavy atom. The van der Waals surface area contributed by atoms with Gasteiger partial charge in [0.25, 0.3) is 0 Å². The average molecular weight is 519 g/mol. The minimum Gasteiger partial charge on any atom is -0.445 e. The molecular weight excluding hydrogens is 492 g/mol. The molecule has 1 saturated heterocycles. The Labute approximate surface area is 224 Å². The van der Waals surface area contributed by atoms with Crippen LogP contribution < -0.4 is 5.32 Å². The van der Waals surface area contributed by atoms with E-state index in [1.54, 1.807) is 4.90 Å². The molecule has 8 nitrogen and oxygen atoms in total. The van der Waals surface area contributed by atoms with E-state index in [4.69, 9.17) is 4.74 Å². The van der Waals surface area contributed by atoms with Crippen molar-refractivity contribution in [2.75, 3.05) is 6.54 Å². The van der Waals surface area contributed by atoms with Gasteiger partial charge in [-0.25, -0.2) is 4.79 Å². The van der Waals surface area contributed by atoms with Gasteiger partial charge in [0.05, 0.1) is 23.9 Å². The van der Waals surface area contributed by atoms with Gasteiger partial charge in [0, 0.05) is 41.8 Å². The second kappa shape index (κ2) is 9.16. The van der Waals surface area contributed by atoms with Gasteiger partial charge in [0.15, 0.2) is 0 Å². The number of hydrogen-bond acceptors (Lipinski definition) is 4. The van der Waals surface area contributed by atoms with Crippen molar-refractivity contribution in [2.45, 2.75) is 31.5 Å². The van der Waals surface area contributed by atoms with Gasteiger partial charge in [0.2, 0.25) is 11.8 Å². The number of benzene rings is 3. The molecule has 0 radical (unpaired) electrons. The van der Waals surface area contributed by atoms with Gasteiger partial charge in [-0.3, -0.25) is 14.9 Å². The standard InChI is InChI=1S/C31H26N4O4/c36-29-26(23-15-32-25-12-5-4-10-21(23)25)27(30(37)33-29)24-17-34-13-14-35(16-20-9-6-11-22(24)28(20)34)31(38)39-18-19-7-2-1-3-8-19/h1-12,15,17,26-27,32H,13-14,16,18H2,(H,33,36,37)/t26-,27-/m1/s1. The van der Waals surface area contributed by atoms with Gasteiger partial charge in [-0.1, -0.05) is 66.7 Å². The Morgan fingerprint density at radius 3 is 2.44 bits per heavy atom. The first kappa shape index (κ1) is 23.3. The van der Waals surface area contributed by atoms with E-state index in [1.807, 2.05) is 85.2 Å². The number of carbonyl (C=O) groups is 3. The summed E-state index contributed by atoms with van der Waals surface area (Å²) in [5.41, 5.74) is 5.46. The number of para-hydroxylation sites is 2. The number of H-pyrrole nitrogens is 1. The highest BCUT2D eigenvalue weighted by Gasteiger charge is 2.46. The highest BCUT2D eigenvalue weighted by molar-refractivity contribution is 6.13. The number of fused-ring (bicyclic) bond motifs is 1. The van der Waals surface area contributed by atoms with E-state index in [0.717, 1.165) is 44.1 Å². The van der Waals surface area contributed by atoms with Crippen LogP contribution in [0.25, 0.3) is 21.8 Å². The third kappa shape index (κ3) is 3.87. The van der Waals surface area contributed by atoms with Gasteiger partial charge in [-0.2, -0.15) is 0 Å². The van der Waals surface area contributed by atoms with E-state index in [2.05, 4.69) is 14.9 Å². The zero-order valence-electron chi connectivity index (χ0n) is 21.1. The first-order valence-electron chi connectivity index (χ1n) is 13.1. The number of ether oxygens (including phenoxy) is 1. The number of aromatic nitrogens is 2. The summed E-state index contributed by atoms with van der Waals surface area (Å²) < 4.78 is 7.70. The van der Waals surface area contributed by atoms with E-state index >= 15 is 0 Å². The Kier molecular flexibility index (Phi) is 5.47. The SMILES string of the molecule is O=C1NC(=O)[C@H](c2cn3c4c(cccc24)CN(C(=O)OCc2ccccc2)CC3)[C@H]1c1c[nH]c2ccccc12. The van der Waals surface area contributed by atoms with Crippen LogP contribution in [0.2, 0.25) is 0 Å². The molecule has 3 amide bonds. The number of nitrogens with one attached hydrogen (secondary N) is 2. The summed E-state index contributed by atoms with van der Waals surface area (Å²) in [7, 11) is 0. The Hall–Kier alpha value is -4.85. The third-order valence-corrected chi connectivity index (χ3v) is 7.88. The van der Waals surface area contributed by atoms with Gasteiger partial charge >= 0.3 is 6.09 Å². The fourth-order valence-electron chi connectivity index (χ4n) is 6.07. The molecule has 0 saturated carbocycles. The number of amides is 3. The summed E-state index contributed by atoms with van der Waals surface area (Å²) in [4.78, 5) is 44.3. The Bertz CT molecular complexity index is 1750. The molecule has 4 heterocycles. The van der Waals surface area contributed by atoms with Gasteiger partial charge in [-0.15, -0.1) is 0 Å². The Balaban J connectivity index is 1.22. The Morgan fingerprint density at radius 1 is 0.846 bits per heavy atom. The van der Waals surface area contributed by atoms with Crippen LogP contribution in [0, 0.1) is 0 Å². The molecule has 8 heteroatoms. The summed E-state index contributed by atoms with van der Waals surface area (Å²) in [5.74, 6) is -1.86. The van der Waals surface area contributed by atoms with Crippen molar-refractivity contribution in [1.82, 2.24) is 19.8 Å². The van der Waals surface area contributed by atoms with E-state index in [0.29, 0.717) is 19.6 Å².